The van der Waals surface area contributed by atoms with Crippen LogP contribution in [-0.2, 0) is 47.5 Å². The van der Waals surface area contributed by atoms with Crippen LogP contribution in [0.1, 0.15) is 43.9 Å². The topological polar surface area (TPSA) is 237 Å². The maximum absolute atomic E-state index is 12.7. The third kappa shape index (κ3) is 8.27. The van der Waals surface area contributed by atoms with Gasteiger partial charge in [0.25, 0.3) is 0 Å². The van der Waals surface area contributed by atoms with E-state index in [1.165, 1.54) is 12.7 Å². The normalized spacial score (nSPS) is 29.2. The van der Waals surface area contributed by atoms with Gasteiger partial charge in [-0.3, -0.25) is 9.09 Å². The van der Waals surface area contributed by atoms with Crippen LogP contribution < -0.4 is 5.73 Å². The Bertz CT molecular complexity index is 1660. The highest BCUT2D eigenvalue weighted by Crippen LogP contribution is 2.71. The summed E-state index contributed by atoms with van der Waals surface area (Å²) in [5.74, 6) is 0.534. The number of nitrogens with two attached hydrogens (primary N) is 1. The lowest BCUT2D eigenvalue weighted by molar-refractivity contribution is -0.149. The van der Waals surface area contributed by atoms with Crippen LogP contribution in [0.4, 0.5) is 5.82 Å². The Morgan fingerprint density at radius 1 is 0.935 bits per heavy atom. The summed E-state index contributed by atoms with van der Waals surface area (Å²) in [6.07, 6.45) is 3.65. The molecule has 0 amide bonds. The first-order valence-electron chi connectivity index (χ1n) is 14.5. The number of hydrogen-bond donors (Lipinski definition) is 4. The van der Waals surface area contributed by atoms with Crippen molar-refractivity contribution in [3.63, 3.8) is 0 Å². The average molecular weight is 722 g/mol. The van der Waals surface area contributed by atoms with Gasteiger partial charge < -0.3 is 34.6 Å². The molecule has 3 aliphatic rings. The molecule has 2 saturated heterocycles. The second-order valence-corrected chi connectivity index (χ2v) is 18.3. The number of anilines is 1. The van der Waals surface area contributed by atoms with Gasteiger partial charge in [-0.1, -0.05) is 49.6 Å². The molecule has 252 valence electrons. The van der Waals surface area contributed by atoms with E-state index >= 15 is 0 Å². The zero-order valence-corrected chi connectivity index (χ0v) is 27.8. The Kier molecular flexibility index (Phi) is 10.4. The molecule has 1 aliphatic carbocycles. The molecular formula is C25H34N5O12P3S. The molecule has 46 heavy (non-hydrogen) atoms. The molecule has 6 rings (SSSR count). The fraction of sp³-hybridized carbons (Fsp3) is 0.560. The number of ether oxygens (including phenoxy) is 3. The van der Waals surface area contributed by atoms with Crippen molar-refractivity contribution in [1.82, 2.24) is 19.5 Å². The van der Waals surface area contributed by atoms with E-state index in [2.05, 4.69) is 23.6 Å². The van der Waals surface area contributed by atoms with Crippen molar-refractivity contribution < 1.29 is 55.7 Å². The van der Waals surface area contributed by atoms with Gasteiger partial charge in [-0.2, -0.15) is 8.62 Å². The van der Waals surface area contributed by atoms with Crippen LogP contribution in [0, 0.1) is 5.92 Å². The molecule has 17 nitrogen and oxygen atoms in total. The third-order valence-corrected chi connectivity index (χ3v) is 14.6. The Labute approximate surface area is 267 Å². The van der Waals surface area contributed by atoms with Gasteiger partial charge in [0.05, 0.1) is 12.9 Å². The van der Waals surface area contributed by atoms with E-state index in [9.17, 15) is 28.4 Å². The zero-order valence-electron chi connectivity index (χ0n) is 24.3. The number of phosphoric ester groups is 1. The molecule has 8 atom stereocenters. The van der Waals surface area contributed by atoms with Gasteiger partial charge in [0.15, 0.2) is 24.0 Å². The number of nitrogens with zero attached hydrogens (tertiary/aromatic N) is 4. The predicted molar refractivity (Wildman–Crippen MR) is 164 cm³/mol. The standard InChI is InChI=1S/C25H34N5O12P3S/c26-23-20-24(28-14-27-23)30(15-29-20)25-22-21(39-19(40-22)11-16-7-3-1-4-8-16)18(38-25)12-37-43(31,32)41-44(33,34)42-45(35,36)46-13-17-9-5-2-6-10-17/h1,3-4,7-8,14-15,17-19,21-22,25H,2,5-6,9-13H2,(H,31,32)(H,33,34)(H,35,36)(H2,26,27,28)/t18-,19?,21+,22?,25-/m1/s1. The van der Waals surface area contributed by atoms with Crippen LogP contribution in [0.3, 0.4) is 0 Å². The minimum absolute atomic E-state index is 0.151. The largest absolute Gasteiger partial charge is 0.488 e. The highest BCUT2D eigenvalue weighted by molar-refractivity contribution is 8.55. The summed E-state index contributed by atoms with van der Waals surface area (Å²) in [6.45, 7) is -5.38. The molecule has 1 aromatic carbocycles. The smallest absolute Gasteiger partial charge is 0.382 e. The van der Waals surface area contributed by atoms with Crippen LogP contribution in [-0.4, -0.2) is 71.2 Å². The summed E-state index contributed by atoms with van der Waals surface area (Å²) in [6, 6.07) is 9.45. The lowest BCUT2D eigenvalue weighted by Gasteiger charge is -2.23. The maximum atomic E-state index is 12.7. The molecule has 0 radical (unpaired) electrons. The van der Waals surface area contributed by atoms with Crippen LogP contribution in [0.5, 0.6) is 0 Å². The van der Waals surface area contributed by atoms with E-state index < -0.39 is 59.9 Å². The van der Waals surface area contributed by atoms with Crippen molar-refractivity contribution in [3.05, 3.63) is 48.5 Å². The van der Waals surface area contributed by atoms with E-state index in [0.717, 1.165) is 37.7 Å². The monoisotopic (exact) mass is 721 g/mol. The van der Waals surface area contributed by atoms with E-state index in [0.29, 0.717) is 29.0 Å². The summed E-state index contributed by atoms with van der Waals surface area (Å²) in [7, 11) is -10.9. The lowest BCUT2D eigenvalue weighted by Crippen LogP contribution is -2.31. The number of rotatable bonds is 13. The minimum Gasteiger partial charge on any atom is -0.382 e. The van der Waals surface area contributed by atoms with Crippen LogP contribution in [0.25, 0.3) is 11.2 Å². The number of imidazole rings is 1. The first kappa shape index (κ1) is 34.1. The van der Waals surface area contributed by atoms with Crippen LogP contribution in [0.2, 0.25) is 0 Å². The van der Waals surface area contributed by atoms with Gasteiger partial charge in [0, 0.05) is 12.2 Å². The summed E-state index contributed by atoms with van der Waals surface area (Å²) in [4.78, 5) is 42.9. The summed E-state index contributed by atoms with van der Waals surface area (Å²) >= 11 is 0.473. The number of fused-ring (bicyclic) bond motifs is 2. The molecular weight excluding hydrogens is 687 g/mol. The Hall–Kier alpha value is -1.75. The second-order valence-electron chi connectivity index (χ2n) is 11.1. The molecule has 3 fully saturated rings. The fourth-order valence-corrected chi connectivity index (χ4v) is 12.1. The first-order chi connectivity index (χ1) is 21.9. The molecule has 1 saturated carbocycles. The molecule has 2 aromatic heterocycles. The highest BCUT2D eigenvalue weighted by Gasteiger charge is 2.54. The van der Waals surface area contributed by atoms with E-state index in [-0.39, 0.29) is 17.5 Å². The lowest BCUT2D eigenvalue weighted by atomic mass is 9.91. The van der Waals surface area contributed by atoms with Crippen LogP contribution >= 0.6 is 33.8 Å². The van der Waals surface area contributed by atoms with E-state index in [1.807, 2.05) is 30.3 Å². The van der Waals surface area contributed by atoms with Crippen molar-refractivity contribution in [2.24, 2.45) is 5.92 Å². The molecule has 2 aliphatic heterocycles. The zero-order chi connectivity index (χ0) is 32.5. The molecule has 0 bridgehead atoms. The van der Waals surface area contributed by atoms with Crippen molar-refractivity contribution in [3.8, 4) is 0 Å². The maximum Gasteiger partial charge on any atom is 0.488 e. The van der Waals surface area contributed by atoms with E-state index in [1.54, 1.807) is 4.57 Å². The molecule has 4 heterocycles. The van der Waals surface area contributed by atoms with E-state index in [4.69, 9.17) is 24.5 Å². The van der Waals surface area contributed by atoms with Gasteiger partial charge in [-0.25, -0.2) is 28.6 Å². The molecule has 21 heteroatoms. The summed E-state index contributed by atoms with van der Waals surface area (Å²) < 4.78 is 71.6. The minimum atomic E-state index is -5.53. The molecule has 0 spiro atoms. The Balaban J connectivity index is 1.12. The highest BCUT2D eigenvalue weighted by atomic mass is 32.7. The van der Waals surface area contributed by atoms with Crippen molar-refractivity contribution in [2.45, 2.75) is 69.4 Å². The first-order valence-corrected chi connectivity index (χ1v) is 20.7. The van der Waals surface area contributed by atoms with Crippen LogP contribution in [0.15, 0.2) is 43.0 Å². The quantitative estimate of drug-likeness (QED) is 0.180. The summed E-state index contributed by atoms with van der Waals surface area (Å²) in [5.41, 5.74) is 7.55. The number of nitrogen functional groups attached to an aromatic ring is 1. The number of aromatic nitrogens is 4. The average Bonchev–Trinajstić information content (AvgIpc) is 3.69. The summed E-state index contributed by atoms with van der Waals surface area (Å²) in [5, 5.41) is 0. The molecule has 3 aromatic rings. The van der Waals surface area contributed by atoms with Crippen molar-refractivity contribution in [1.29, 1.82) is 0 Å². The number of benzene rings is 1. The van der Waals surface area contributed by atoms with Gasteiger partial charge in [-0.15, -0.1) is 0 Å². The van der Waals surface area contributed by atoms with Gasteiger partial charge in [0.1, 0.15) is 30.2 Å². The predicted octanol–water partition coefficient (Wildman–Crippen LogP) is 4.32. The van der Waals surface area contributed by atoms with Gasteiger partial charge in [-0.05, 0) is 35.7 Å². The SMILES string of the molecule is Nc1ncnc2c1ncn2[C@@H]1O[C@H](COP(=O)(O)OP(=O)(O)OP(=O)(O)SCC2CCCCC2)[C@@H]2OC(Cc3ccccc3)OC21. The number of phosphoric acid groups is 2. The molecule has 5 N–H and O–H groups in total. The second kappa shape index (κ2) is 14.0. The van der Waals surface area contributed by atoms with Crippen molar-refractivity contribution in [2.75, 3.05) is 18.1 Å². The van der Waals surface area contributed by atoms with Gasteiger partial charge in [0.2, 0.25) is 0 Å². The Morgan fingerprint density at radius 3 is 2.43 bits per heavy atom. The van der Waals surface area contributed by atoms with Crippen molar-refractivity contribution >= 4 is 50.8 Å². The fourth-order valence-electron chi connectivity index (χ4n) is 5.76. The molecule has 5 unspecified atom stereocenters. The third-order valence-electron chi connectivity index (χ3n) is 7.82. The van der Waals surface area contributed by atoms with Gasteiger partial charge >= 0.3 is 22.4 Å². The number of hydrogen-bond acceptors (Lipinski definition) is 14. The Morgan fingerprint density at radius 2 is 1.67 bits per heavy atom.